The van der Waals surface area contributed by atoms with Crippen molar-refractivity contribution in [3.63, 3.8) is 0 Å². The fourth-order valence-corrected chi connectivity index (χ4v) is 5.93. The van der Waals surface area contributed by atoms with E-state index < -0.39 is 18.1 Å². The molecule has 0 aliphatic heterocycles. The van der Waals surface area contributed by atoms with E-state index in [9.17, 15) is 9.59 Å². The molecule has 7 nitrogen and oxygen atoms in total. The number of rotatable bonds is 10. The van der Waals surface area contributed by atoms with E-state index in [1.807, 2.05) is 24.3 Å². The van der Waals surface area contributed by atoms with E-state index in [0.29, 0.717) is 30.9 Å². The summed E-state index contributed by atoms with van der Waals surface area (Å²) in [4.78, 5) is 26.3. The molecule has 0 aromatic heterocycles. The van der Waals surface area contributed by atoms with E-state index >= 15 is 0 Å². The summed E-state index contributed by atoms with van der Waals surface area (Å²) in [7, 11) is 3.21. The molecule has 1 aromatic rings. The lowest BCUT2D eigenvalue weighted by Crippen LogP contribution is -2.43. The molecule has 1 amide bonds. The van der Waals surface area contributed by atoms with Crippen LogP contribution in [0.2, 0.25) is 0 Å². The number of nitrogens with one attached hydrogen (secondary N) is 1. The lowest BCUT2D eigenvalue weighted by atomic mass is 9.88. The molecule has 4 aliphatic rings. The highest BCUT2D eigenvalue weighted by molar-refractivity contribution is 5.82. The number of allylic oxidation sites excluding steroid dienone is 8. The Balaban J connectivity index is 1.24. The molecule has 1 aromatic carbocycles. The van der Waals surface area contributed by atoms with Crippen LogP contribution >= 0.6 is 0 Å². The maximum Gasteiger partial charge on any atom is 0.407 e. The molecule has 40 heavy (non-hydrogen) atoms. The monoisotopic (exact) mass is 543 g/mol. The van der Waals surface area contributed by atoms with Gasteiger partial charge in [0.2, 0.25) is 0 Å². The Labute approximate surface area is 235 Å². The summed E-state index contributed by atoms with van der Waals surface area (Å²) in [5.74, 6) is 1.30. The molecule has 3 atom stereocenters. The van der Waals surface area contributed by atoms with E-state index in [0.717, 1.165) is 36.2 Å². The first-order valence-electron chi connectivity index (χ1n) is 14.0. The smallest absolute Gasteiger partial charge is 0.407 e. The number of esters is 1. The number of hydrogen-bond acceptors (Lipinski definition) is 6. The van der Waals surface area contributed by atoms with Crippen LogP contribution in [0.15, 0.2) is 95.0 Å². The van der Waals surface area contributed by atoms with Gasteiger partial charge in [-0.1, -0.05) is 71.9 Å². The second kappa shape index (κ2) is 12.9. The van der Waals surface area contributed by atoms with Crippen molar-refractivity contribution in [1.29, 1.82) is 0 Å². The van der Waals surface area contributed by atoms with Crippen LogP contribution in [-0.4, -0.2) is 45.5 Å². The van der Waals surface area contributed by atoms with Crippen molar-refractivity contribution in [3.05, 3.63) is 106 Å². The second-order valence-corrected chi connectivity index (χ2v) is 10.5. The maximum absolute atomic E-state index is 13.3. The van der Waals surface area contributed by atoms with E-state index in [-0.39, 0.29) is 19.1 Å². The summed E-state index contributed by atoms with van der Waals surface area (Å²) >= 11 is 0. The molecule has 7 heteroatoms. The Hall–Kier alpha value is -4.00. The van der Waals surface area contributed by atoms with Gasteiger partial charge < -0.3 is 24.3 Å². The molecule has 0 spiro atoms. The third kappa shape index (κ3) is 6.24. The summed E-state index contributed by atoms with van der Waals surface area (Å²) in [5, 5.41) is 2.80. The van der Waals surface area contributed by atoms with Gasteiger partial charge in [0.15, 0.2) is 0 Å². The summed E-state index contributed by atoms with van der Waals surface area (Å²) in [6.07, 6.45) is 18.1. The molecule has 0 saturated carbocycles. The molecule has 0 fully saturated rings. The van der Waals surface area contributed by atoms with Gasteiger partial charge in [0, 0.05) is 29.9 Å². The molecule has 0 heterocycles. The number of benzene rings is 1. The minimum Gasteiger partial charge on any atom is -0.501 e. The first-order valence-corrected chi connectivity index (χ1v) is 14.0. The lowest BCUT2D eigenvalue weighted by Gasteiger charge is -2.23. The van der Waals surface area contributed by atoms with Crippen molar-refractivity contribution in [2.45, 2.75) is 56.4 Å². The molecule has 4 aliphatic carbocycles. The largest absolute Gasteiger partial charge is 0.501 e. The summed E-state index contributed by atoms with van der Waals surface area (Å²) in [6.45, 7) is 0.300. The number of carbonyl (C=O) groups is 2. The molecule has 210 valence electrons. The SMILES string of the molecule is COC1=CC(OC)=C(COC(=O)[C@H](CC2=CC=CCC2)NC(=O)OCC2C3=CC=CCC3c3ccccc32)CC1. The van der Waals surface area contributed by atoms with Crippen molar-refractivity contribution in [2.24, 2.45) is 0 Å². The highest BCUT2D eigenvalue weighted by Gasteiger charge is 2.36. The van der Waals surface area contributed by atoms with Crippen LogP contribution in [0, 0.1) is 0 Å². The number of amides is 1. The van der Waals surface area contributed by atoms with Crippen LogP contribution in [0.3, 0.4) is 0 Å². The number of fused-ring (bicyclic) bond motifs is 3. The molecule has 0 radical (unpaired) electrons. The second-order valence-electron chi connectivity index (χ2n) is 10.5. The topological polar surface area (TPSA) is 83.1 Å². The summed E-state index contributed by atoms with van der Waals surface area (Å²) < 4.78 is 22.3. The van der Waals surface area contributed by atoms with Crippen molar-refractivity contribution in [3.8, 4) is 0 Å². The van der Waals surface area contributed by atoms with Gasteiger partial charge >= 0.3 is 12.1 Å². The number of hydrogen-bond donors (Lipinski definition) is 1. The van der Waals surface area contributed by atoms with Crippen molar-refractivity contribution < 1.29 is 28.5 Å². The first kappa shape index (κ1) is 27.6. The molecule has 0 bridgehead atoms. The Morgan fingerprint density at radius 3 is 2.58 bits per heavy atom. The van der Waals surface area contributed by atoms with E-state index in [2.05, 4.69) is 47.8 Å². The van der Waals surface area contributed by atoms with Gasteiger partial charge in [0.1, 0.15) is 25.0 Å². The lowest BCUT2D eigenvalue weighted by molar-refractivity contribution is -0.145. The number of alkyl carbamates (subject to hydrolysis) is 1. The van der Waals surface area contributed by atoms with Crippen molar-refractivity contribution >= 4 is 12.1 Å². The van der Waals surface area contributed by atoms with E-state index in [1.54, 1.807) is 14.2 Å². The fraction of sp³-hybridized carbons (Fsp3) is 0.394. The standard InChI is InChI=1S/C33H37NO6/c1-37-24-17-16-23(31(19-24)38-2)20-39-32(35)30(18-22-10-4-3-5-11-22)34-33(36)40-21-29-27-14-8-6-12-25(27)26-13-7-9-15-28(26)29/h3-4,6-10,12,14-15,19,26,29-30H,5,11,13,16-18,20-21H2,1-2H3,(H,34,36)/t26?,29?,30-/m0/s1. The van der Waals surface area contributed by atoms with Gasteiger partial charge in [-0.25, -0.2) is 9.59 Å². The quantitative estimate of drug-likeness (QED) is 0.350. The highest BCUT2D eigenvalue weighted by Crippen LogP contribution is 2.49. The van der Waals surface area contributed by atoms with Gasteiger partial charge in [-0.05, 0) is 43.2 Å². The summed E-state index contributed by atoms with van der Waals surface area (Å²) in [6, 6.07) is 7.50. The molecular formula is C33H37NO6. The highest BCUT2D eigenvalue weighted by atomic mass is 16.6. The third-order valence-corrected chi connectivity index (χ3v) is 8.06. The minimum absolute atomic E-state index is 0.00393. The van der Waals surface area contributed by atoms with Crippen LogP contribution in [0.5, 0.6) is 0 Å². The predicted molar refractivity (Wildman–Crippen MR) is 152 cm³/mol. The zero-order valence-electron chi connectivity index (χ0n) is 23.2. The Kier molecular flexibility index (Phi) is 8.89. The van der Waals surface area contributed by atoms with Gasteiger partial charge in [0.25, 0.3) is 0 Å². The van der Waals surface area contributed by atoms with Crippen LogP contribution < -0.4 is 5.32 Å². The Morgan fingerprint density at radius 1 is 0.975 bits per heavy atom. The molecule has 1 N–H and O–H groups in total. The molecule has 5 rings (SSSR count). The van der Waals surface area contributed by atoms with Crippen LogP contribution in [0.1, 0.15) is 61.5 Å². The van der Waals surface area contributed by atoms with Gasteiger partial charge in [-0.15, -0.1) is 0 Å². The normalized spacial score (nSPS) is 21.8. The van der Waals surface area contributed by atoms with Crippen LogP contribution in [0.25, 0.3) is 0 Å². The minimum atomic E-state index is -0.856. The first-order chi connectivity index (χ1) is 19.6. The predicted octanol–water partition coefficient (Wildman–Crippen LogP) is 6.28. The summed E-state index contributed by atoms with van der Waals surface area (Å²) in [5.41, 5.74) is 5.73. The van der Waals surface area contributed by atoms with Crippen LogP contribution in [-0.2, 0) is 23.7 Å². The molecule has 2 unspecified atom stereocenters. The zero-order chi connectivity index (χ0) is 27.9. The number of ether oxygens (including phenoxy) is 4. The number of methoxy groups -OCH3 is 2. The van der Waals surface area contributed by atoms with Gasteiger partial charge in [0.05, 0.1) is 20.0 Å². The average Bonchev–Trinajstić information content (AvgIpc) is 3.32. The van der Waals surface area contributed by atoms with Gasteiger partial charge in [-0.3, -0.25) is 0 Å². The van der Waals surface area contributed by atoms with Gasteiger partial charge in [-0.2, -0.15) is 0 Å². The molecular weight excluding hydrogens is 506 g/mol. The fourth-order valence-electron chi connectivity index (χ4n) is 5.93. The Morgan fingerprint density at radius 2 is 1.80 bits per heavy atom. The van der Waals surface area contributed by atoms with Crippen molar-refractivity contribution in [2.75, 3.05) is 27.4 Å². The van der Waals surface area contributed by atoms with Crippen molar-refractivity contribution in [1.82, 2.24) is 5.32 Å². The number of carbonyl (C=O) groups excluding carboxylic acids is 2. The van der Waals surface area contributed by atoms with E-state index in [4.69, 9.17) is 18.9 Å². The average molecular weight is 544 g/mol. The third-order valence-electron chi connectivity index (χ3n) is 8.06. The van der Waals surface area contributed by atoms with E-state index in [1.165, 1.54) is 16.7 Å². The maximum atomic E-state index is 13.3. The Bertz CT molecular complexity index is 1310. The zero-order valence-corrected chi connectivity index (χ0v) is 23.2. The molecule has 0 saturated heterocycles. The van der Waals surface area contributed by atoms with Crippen LogP contribution in [0.4, 0.5) is 4.79 Å².